The molecule has 2 aromatic rings. The van der Waals surface area contributed by atoms with Crippen LogP contribution < -0.4 is 4.74 Å². The maximum atomic E-state index is 13.3. The monoisotopic (exact) mass is 233 g/mol. The highest BCUT2D eigenvalue weighted by Crippen LogP contribution is 2.41. The number of imidazole rings is 1. The number of methoxy groups -OCH3 is 1. The lowest BCUT2D eigenvalue weighted by Crippen LogP contribution is -2.10. The molecule has 0 spiro atoms. The Kier molecular flexibility index (Phi) is 2.25. The lowest BCUT2D eigenvalue weighted by molar-refractivity contribution is -0.137. The van der Waals surface area contributed by atoms with Crippen LogP contribution in [0.1, 0.15) is 5.56 Å². The number of nitrogens with zero attached hydrogens (tertiary/aromatic N) is 1. The number of benzene rings is 1. The number of halogens is 4. The molecule has 3 nitrogen and oxygen atoms in total. The van der Waals surface area contributed by atoms with Crippen LogP contribution in [0.2, 0.25) is 0 Å². The summed E-state index contributed by atoms with van der Waals surface area (Å²) in [6, 6.07) is 0.882. The zero-order valence-corrected chi connectivity index (χ0v) is 7.94. The van der Waals surface area contributed by atoms with Crippen LogP contribution in [0.25, 0.3) is 11.0 Å². The first-order valence-corrected chi connectivity index (χ1v) is 4.14. The van der Waals surface area contributed by atoms with Crippen LogP contribution in [0, 0.1) is 12.1 Å². The van der Waals surface area contributed by atoms with Gasteiger partial charge in [0.05, 0.1) is 12.6 Å². The number of aromatic amines is 1. The summed E-state index contributed by atoms with van der Waals surface area (Å²) in [5.74, 6) is -1.96. The number of fused-ring (bicyclic) bond motifs is 1. The normalized spacial score (nSPS) is 12.1. The number of H-pyrrole nitrogens is 1. The molecule has 0 bridgehead atoms. The van der Waals surface area contributed by atoms with E-state index in [1.807, 2.05) is 0 Å². The van der Waals surface area contributed by atoms with Gasteiger partial charge in [-0.3, -0.25) is 0 Å². The number of ether oxygens (including phenoxy) is 1. The Labute approximate surface area is 87.0 Å². The number of aromatic nitrogens is 2. The van der Waals surface area contributed by atoms with Crippen molar-refractivity contribution in [2.24, 2.45) is 0 Å². The summed E-state index contributed by atoms with van der Waals surface area (Å²) >= 11 is 0. The highest BCUT2D eigenvalue weighted by Gasteiger charge is 2.39. The molecule has 0 atom stereocenters. The first kappa shape index (κ1) is 10.7. The largest absolute Gasteiger partial charge is 0.493 e. The SMILES string of the molecule is COc1c(F)cc2[nH][c]nc2c1C(F)(F)F. The third-order valence-corrected chi connectivity index (χ3v) is 2.05. The van der Waals surface area contributed by atoms with E-state index in [-0.39, 0.29) is 5.52 Å². The summed E-state index contributed by atoms with van der Waals surface area (Å²) in [5, 5.41) is 0. The van der Waals surface area contributed by atoms with Crippen molar-refractivity contribution in [3.05, 3.63) is 23.8 Å². The minimum Gasteiger partial charge on any atom is -0.493 e. The van der Waals surface area contributed by atoms with Crippen molar-refractivity contribution in [1.29, 1.82) is 0 Å². The lowest BCUT2D eigenvalue weighted by atomic mass is 10.1. The van der Waals surface area contributed by atoms with Crippen LogP contribution in [0.15, 0.2) is 6.07 Å². The highest BCUT2D eigenvalue weighted by molar-refractivity contribution is 5.81. The predicted octanol–water partition coefficient (Wildman–Crippen LogP) is 2.53. The van der Waals surface area contributed by atoms with E-state index < -0.39 is 28.8 Å². The standard InChI is InChI=1S/C9H5F4N2O/c1-16-8-4(10)2-5-7(15-3-14-5)6(8)9(11,12)13/h2H,1H3,(H,14,15). The maximum Gasteiger partial charge on any atom is 0.422 e. The highest BCUT2D eigenvalue weighted by atomic mass is 19.4. The van der Waals surface area contributed by atoms with Crippen molar-refractivity contribution >= 4 is 11.0 Å². The molecule has 0 aliphatic heterocycles. The second-order valence-electron chi connectivity index (χ2n) is 3.01. The smallest absolute Gasteiger partial charge is 0.422 e. The Bertz CT molecular complexity index is 532. The second-order valence-corrected chi connectivity index (χ2v) is 3.01. The van der Waals surface area contributed by atoms with Crippen molar-refractivity contribution in [3.63, 3.8) is 0 Å². The van der Waals surface area contributed by atoms with Crippen LogP contribution in [0.3, 0.4) is 0 Å². The summed E-state index contributed by atoms with van der Waals surface area (Å²) in [5.41, 5.74) is -1.72. The molecular formula is C9H5F4N2O. The first-order chi connectivity index (χ1) is 7.45. The molecule has 0 aliphatic carbocycles. The summed E-state index contributed by atoms with van der Waals surface area (Å²) in [7, 11) is 0.968. The van der Waals surface area contributed by atoms with Gasteiger partial charge in [-0.05, 0) is 0 Å². The van der Waals surface area contributed by atoms with Gasteiger partial charge in [-0.2, -0.15) is 13.2 Å². The van der Waals surface area contributed by atoms with Crippen molar-refractivity contribution < 1.29 is 22.3 Å². The van der Waals surface area contributed by atoms with E-state index in [0.29, 0.717) is 0 Å². The average molecular weight is 233 g/mol. The molecule has 0 saturated heterocycles. The zero-order valence-electron chi connectivity index (χ0n) is 7.94. The first-order valence-electron chi connectivity index (χ1n) is 4.14. The summed E-state index contributed by atoms with van der Waals surface area (Å²) in [6.45, 7) is 0. The Hall–Kier alpha value is -1.79. The van der Waals surface area contributed by atoms with Crippen molar-refractivity contribution in [3.8, 4) is 5.75 Å². The summed E-state index contributed by atoms with van der Waals surface area (Å²) < 4.78 is 55.8. The van der Waals surface area contributed by atoms with Gasteiger partial charge in [0.1, 0.15) is 11.1 Å². The summed E-state index contributed by atoms with van der Waals surface area (Å²) in [6.07, 6.45) is -2.61. The van der Waals surface area contributed by atoms with Gasteiger partial charge >= 0.3 is 6.18 Å². The molecule has 7 heteroatoms. The molecule has 16 heavy (non-hydrogen) atoms. The molecule has 0 fully saturated rings. The third kappa shape index (κ3) is 1.48. The molecule has 0 amide bonds. The van der Waals surface area contributed by atoms with E-state index in [1.165, 1.54) is 0 Å². The molecule has 1 heterocycles. The molecule has 0 aliphatic rings. The predicted molar refractivity (Wildman–Crippen MR) is 46.4 cm³/mol. The summed E-state index contributed by atoms with van der Waals surface area (Å²) in [4.78, 5) is 5.68. The molecule has 1 radical (unpaired) electrons. The average Bonchev–Trinajstić information content (AvgIpc) is 2.60. The van der Waals surface area contributed by atoms with Gasteiger partial charge in [0.25, 0.3) is 0 Å². The van der Waals surface area contributed by atoms with Gasteiger partial charge in [-0.15, -0.1) is 0 Å². The fourth-order valence-corrected chi connectivity index (χ4v) is 1.44. The van der Waals surface area contributed by atoms with E-state index in [0.717, 1.165) is 13.2 Å². The quantitative estimate of drug-likeness (QED) is 0.768. The Morgan fingerprint density at radius 1 is 1.44 bits per heavy atom. The number of rotatable bonds is 1. The van der Waals surface area contributed by atoms with Gasteiger partial charge in [-0.1, -0.05) is 0 Å². The molecular weight excluding hydrogens is 228 g/mol. The molecule has 1 aromatic carbocycles. The fraction of sp³-hybridized carbons (Fsp3) is 0.222. The minimum atomic E-state index is -4.74. The zero-order chi connectivity index (χ0) is 11.9. The lowest BCUT2D eigenvalue weighted by Gasteiger charge is -2.12. The Morgan fingerprint density at radius 3 is 2.69 bits per heavy atom. The van der Waals surface area contributed by atoms with Crippen LogP contribution in [0.4, 0.5) is 17.6 Å². The van der Waals surface area contributed by atoms with Gasteiger partial charge in [0.2, 0.25) is 0 Å². The van der Waals surface area contributed by atoms with Crippen molar-refractivity contribution in [1.82, 2.24) is 9.97 Å². The van der Waals surface area contributed by atoms with Gasteiger partial charge in [0, 0.05) is 6.07 Å². The van der Waals surface area contributed by atoms with E-state index in [9.17, 15) is 17.6 Å². The van der Waals surface area contributed by atoms with Gasteiger partial charge in [0.15, 0.2) is 17.9 Å². The molecule has 0 unspecified atom stereocenters. The Morgan fingerprint density at radius 2 is 2.12 bits per heavy atom. The van der Waals surface area contributed by atoms with Crippen LogP contribution in [-0.4, -0.2) is 17.1 Å². The topological polar surface area (TPSA) is 37.9 Å². The molecule has 2 rings (SSSR count). The van der Waals surface area contributed by atoms with Crippen LogP contribution >= 0.6 is 0 Å². The van der Waals surface area contributed by atoms with Crippen LogP contribution in [-0.2, 0) is 6.18 Å². The molecule has 1 N–H and O–H groups in total. The Balaban J connectivity index is 2.88. The molecule has 0 saturated carbocycles. The van der Waals surface area contributed by atoms with E-state index in [1.54, 1.807) is 0 Å². The molecule has 1 aromatic heterocycles. The van der Waals surface area contributed by atoms with E-state index >= 15 is 0 Å². The molecule has 85 valence electrons. The van der Waals surface area contributed by atoms with E-state index in [4.69, 9.17) is 0 Å². The number of nitrogens with one attached hydrogen (secondary N) is 1. The van der Waals surface area contributed by atoms with Crippen molar-refractivity contribution in [2.75, 3.05) is 7.11 Å². The van der Waals surface area contributed by atoms with E-state index in [2.05, 4.69) is 21.0 Å². The van der Waals surface area contributed by atoms with Gasteiger partial charge in [-0.25, -0.2) is 9.37 Å². The minimum absolute atomic E-state index is 0.0781. The number of hydrogen-bond acceptors (Lipinski definition) is 2. The van der Waals surface area contributed by atoms with Crippen molar-refractivity contribution in [2.45, 2.75) is 6.18 Å². The maximum absolute atomic E-state index is 13.3. The van der Waals surface area contributed by atoms with Gasteiger partial charge < -0.3 is 9.72 Å². The fourth-order valence-electron chi connectivity index (χ4n) is 1.44. The second kappa shape index (κ2) is 3.36. The number of hydrogen-bond donors (Lipinski definition) is 1. The third-order valence-electron chi connectivity index (χ3n) is 2.05. The number of alkyl halides is 3. The van der Waals surface area contributed by atoms with Crippen LogP contribution in [0.5, 0.6) is 5.75 Å².